The standard InChI is InChI=1S/C20H17AsClFN4O.2ClH/c21-20-19-17(25-11-26-20)8-15(9-24)27(19)14-4-5-18(16(22)7-14)28-10-12-2-1-3-13(23)6-12;;/h1-8,11H,9-10,21,24H2;2*1H. The van der Waals surface area contributed by atoms with Crippen molar-refractivity contribution in [2.45, 2.75) is 13.2 Å². The molecule has 0 radical (unpaired) electrons. The molecule has 0 amide bonds. The molecule has 4 rings (SSSR count). The maximum absolute atomic E-state index is 13.3. The molecule has 0 saturated carbocycles. The molecule has 0 bridgehead atoms. The second kappa shape index (κ2) is 10.5. The molecule has 0 spiro atoms. The fraction of sp³-hybridized carbons (Fsp3) is 0.100. The van der Waals surface area contributed by atoms with E-state index in [0.717, 1.165) is 32.5 Å². The number of aromatic nitrogens is 3. The van der Waals surface area contributed by atoms with E-state index in [1.807, 2.05) is 22.8 Å². The quantitative estimate of drug-likeness (QED) is 0.401. The average Bonchev–Trinajstić information content (AvgIpc) is 3.07. The zero-order valence-electron chi connectivity index (χ0n) is 15.6. The molecule has 2 N–H and O–H groups in total. The molecule has 2 heterocycles. The van der Waals surface area contributed by atoms with Crippen LogP contribution in [-0.4, -0.2) is 31.4 Å². The number of nitrogens with zero attached hydrogens (tertiary/aromatic N) is 3. The number of rotatable bonds is 5. The van der Waals surface area contributed by atoms with Crippen LogP contribution in [0.2, 0.25) is 5.02 Å². The van der Waals surface area contributed by atoms with E-state index in [2.05, 4.69) is 9.97 Å². The number of hydrogen-bond acceptors (Lipinski definition) is 4. The van der Waals surface area contributed by atoms with E-state index in [4.69, 9.17) is 22.1 Å². The van der Waals surface area contributed by atoms with Crippen molar-refractivity contribution in [1.29, 1.82) is 0 Å². The number of fused-ring (bicyclic) bond motifs is 1. The molecular formula is C20H19AsCl3FN4O. The van der Waals surface area contributed by atoms with Crippen LogP contribution in [0.4, 0.5) is 4.39 Å². The van der Waals surface area contributed by atoms with Crippen LogP contribution >= 0.6 is 36.4 Å². The van der Waals surface area contributed by atoms with Crippen LogP contribution < -0.4 is 15.0 Å². The Morgan fingerprint density at radius 3 is 2.60 bits per heavy atom. The van der Waals surface area contributed by atoms with Gasteiger partial charge in [0, 0.05) is 0 Å². The molecule has 0 aliphatic carbocycles. The van der Waals surface area contributed by atoms with Crippen LogP contribution in [0.25, 0.3) is 16.7 Å². The summed E-state index contributed by atoms with van der Waals surface area (Å²) in [6, 6.07) is 13.8. The summed E-state index contributed by atoms with van der Waals surface area (Å²) in [6.45, 7) is 0.588. The number of halogens is 4. The first kappa shape index (κ1) is 24.4. The fourth-order valence-electron chi connectivity index (χ4n) is 3.09. The second-order valence-corrected chi connectivity index (χ2v) is 7.76. The molecule has 0 aliphatic heterocycles. The van der Waals surface area contributed by atoms with Gasteiger partial charge in [-0.3, -0.25) is 0 Å². The van der Waals surface area contributed by atoms with Gasteiger partial charge in [0.05, 0.1) is 0 Å². The van der Waals surface area contributed by atoms with Gasteiger partial charge in [0.15, 0.2) is 0 Å². The first-order valence-corrected chi connectivity index (χ1v) is 10.1. The summed E-state index contributed by atoms with van der Waals surface area (Å²) >= 11 is 7.87. The number of benzene rings is 2. The van der Waals surface area contributed by atoms with E-state index in [0.29, 0.717) is 17.3 Å². The molecule has 2 aromatic heterocycles. The first-order chi connectivity index (χ1) is 13.6. The minimum atomic E-state index is -0.296. The summed E-state index contributed by atoms with van der Waals surface area (Å²) in [6.07, 6.45) is 1.56. The van der Waals surface area contributed by atoms with Gasteiger partial charge < -0.3 is 0 Å². The Hall–Kier alpha value is -1.82. The fourth-order valence-corrected chi connectivity index (χ4v) is 4.04. The van der Waals surface area contributed by atoms with Crippen molar-refractivity contribution in [2.75, 3.05) is 0 Å². The monoisotopic (exact) mass is 530 g/mol. The normalized spacial score (nSPS) is 10.4. The molecule has 1 atom stereocenters. The molecule has 0 aliphatic rings. The molecule has 0 fully saturated rings. The maximum atomic E-state index is 13.3. The van der Waals surface area contributed by atoms with Crippen molar-refractivity contribution >= 4 is 68.8 Å². The van der Waals surface area contributed by atoms with Crippen LogP contribution in [0.1, 0.15) is 11.3 Å². The summed E-state index contributed by atoms with van der Waals surface area (Å²) in [4.78, 5) is 8.66. The Morgan fingerprint density at radius 2 is 1.90 bits per heavy atom. The van der Waals surface area contributed by atoms with Crippen molar-refractivity contribution in [3.05, 3.63) is 77.0 Å². The van der Waals surface area contributed by atoms with Crippen molar-refractivity contribution in [3.8, 4) is 11.4 Å². The van der Waals surface area contributed by atoms with E-state index >= 15 is 0 Å². The van der Waals surface area contributed by atoms with Crippen LogP contribution in [0.5, 0.6) is 5.75 Å². The zero-order valence-corrected chi connectivity index (χ0v) is 20.4. The van der Waals surface area contributed by atoms with Gasteiger partial charge in [0.1, 0.15) is 0 Å². The molecule has 30 heavy (non-hydrogen) atoms. The van der Waals surface area contributed by atoms with Gasteiger partial charge in [0.25, 0.3) is 0 Å². The molecule has 158 valence electrons. The summed E-state index contributed by atoms with van der Waals surface area (Å²) in [5, 5.41) is 0.457. The van der Waals surface area contributed by atoms with Gasteiger partial charge in [-0.1, -0.05) is 0 Å². The van der Waals surface area contributed by atoms with E-state index < -0.39 is 0 Å². The first-order valence-electron chi connectivity index (χ1n) is 8.55. The summed E-state index contributed by atoms with van der Waals surface area (Å²) in [5.41, 5.74) is 10.2. The van der Waals surface area contributed by atoms with Gasteiger partial charge in [-0.05, 0) is 6.07 Å². The van der Waals surface area contributed by atoms with Crippen LogP contribution in [0, 0.1) is 5.82 Å². The minimum absolute atomic E-state index is 0. The van der Waals surface area contributed by atoms with Crippen molar-refractivity contribution in [1.82, 2.24) is 14.5 Å². The number of ether oxygens (including phenoxy) is 1. The van der Waals surface area contributed by atoms with Gasteiger partial charge in [-0.25, -0.2) is 4.39 Å². The van der Waals surface area contributed by atoms with Crippen molar-refractivity contribution in [3.63, 3.8) is 0 Å². The Bertz CT molecular complexity index is 1170. The van der Waals surface area contributed by atoms with E-state index in [9.17, 15) is 4.39 Å². The Labute approximate surface area is 199 Å². The average molecular weight is 532 g/mol. The molecular weight excluding hydrogens is 513 g/mol. The van der Waals surface area contributed by atoms with E-state index in [-0.39, 0.29) is 37.2 Å². The molecule has 0 saturated heterocycles. The topological polar surface area (TPSA) is 66.0 Å². The molecule has 5 nitrogen and oxygen atoms in total. The predicted octanol–water partition coefficient (Wildman–Crippen LogP) is 3.35. The number of hydrogen-bond donors (Lipinski definition) is 1. The van der Waals surface area contributed by atoms with Crippen LogP contribution in [0.15, 0.2) is 54.9 Å². The van der Waals surface area contributed by atoms with Gasteiger partial charge in [0.2, 0.25) is 0 Å². The van der Waals surface area contributed by atoms with Crippen molar-refractivity contribution < 1.29 is 9.13 Å². The molecule has 2 aromatic carbocycles. The molecule has 4 aromatic rings. The summed E-state index contributed by atoms with van der Waals surface area (Å²) in [7, 11) is 0. The Balaban J connectivity index is 0.00000160. The third-order valence-corrected chi connectivity index (χ3v) is 5.54. The molecule has 1 unspecified atom stereocenters. The Morgan fingerprint density at radius 1 is 1.10 bits per heavy atom. The van der Waals surface area contributed by atoms with Gasteiger partial charge in [-0.15, -0.1) is 24.8 Å². The van der Waals surface area contributed by atoms with Gasteiger partial charge in [-0.2, -0.15) is 0 Å². The van der Waals surface area contributed by atoms with Gasteiger partial charge >= 0.3 is 164 Å². The van der Waals surface area contributed by atoms with Crippen molar-refractivity contribution in [2.24, 2.45) is 5.73 Å². The Kier molecular flexibility index (Phi) is 8.53. The van der Waals surface area contributed by atoms with E-state index in [1.165, 1.54) is 29.0 Å². The van der Waals surface area contributed by atoms with Crippen LogP contribution in [-0.2, 0) is 13.2 Å². The summed E-state index contributed by atoms with van der Waals surface area (Å²) < 4.78 is 22.0. The van der Waals surface area contributed by atoms with E-state index in [1.54, 1.807) is 24.5 Å². The molecule has 10 heteroatoms. The third-order valence-electron chi connectivity index (χ3n) is 4.36. The zero-order chi connectivity index (χ0) is 19.7. The SMILES string of the molecule is Cl.Cl.NCc1cc2ncnc([AsH2])c2n1-c1ccc(OCc2cccc(F)c2)c(Cl)c1. The number of nitrogens with two attached hydrogens (primary N) is 1. The summed E-state index contributed by atoms with van der Waals surface area (Å²) in [5.74, 6) is 0.230. The van der Waals surface area contributed by atoms with Crippen LogP contribution in [0.3, 0.4) is 0 Å². The predicted molar refractivity (Wildman–Crippen MR) is 125 cm³/mol. The third kappa shape index (κ3) is 4.90. The second-order valence-electron chi connectivity index (χ2n) is 6.20.